The van der Waals surface area contributed by atoms with E-state index >= 15 is 0 Å². The lowest BCUT2D eigenvalue weighted by Crippen LogP contribution is -2.16. The van der Waals surface area contributed by atoms with E-state index < -0.39 is 0 Å². The number of aryl methyl sites for hydroxylation is 3. The predicted molar refractivity (Wildman–Crippen MR) is 77.9 cm³/mol. The van der Waals surface area contributed by atoms with Crippen LogP contribution in [0.25, 0.3) is 0 Å². The Morgan fingerprint density at radius 1 is 1.35 bits per heavy atom. The van der Waals surface area contributed by atoms with Gasteiger partial charge in [-0.2, -0.15) is 5.10 Å². The van der Waals surface area contributed by atoms with Crippen molar-refractivity contribution in [3.05, 3.63) is 41.7 Å². The molecule has 0 atom stereocenters. The molecule has 0 aliphatic heterocycles. The molecule has 0 aliphatic carbocycles. The van der Waals surface area contributed by atoms with E-state index in [1.54, 1.807) is 7.11 Å². The molecule has 0 saturated heterocycles. The van der Waals surface area contributed by atoms with E-state index in [4.69, 9.17) is 4.74 Å². The predicted octanol–water partition coefficient (Wildman–Crippen LogP) is 2.54. The van der Waals surface area contributed by atoms with Crippen LogP contribution in [0, 0.1) is 13.8 Å². The molecule has 0 aliphatic rings. The molecule has 1 amide bonds. The van der Waals surface area contributed by atoms with E-state index in [0.717, 1.165) is 11.4 Å². The van der Waals surface area contributed by atoms with Crippen molar-refractivity contribution in [2.45, 2.75) is 26.8 Å². The van der Waals surface area contributed by atoms with E-state index in [9.17, 15) is 4.79 Å². The summed E-state index contributed by atoms with van der Waals surface area (Å²) in [6.45, 7) is 4.50. The summed E-state index contributed by atoms with van der Waals surface area (Å²) < 4.78 is 7.04. The van der Waals surface area contributed by atoms with Gasteiger partial charge in [0.1, 0.15) is 5.75 Å². The molecule has 2 rings (SSSR count). The number of carbonyl (C=O) groups excluding carboxylic acids is 1. The number of hydrogen-bond acceptors (Lipinski definition) is 3. The highest BCUT2D eigenvalue weighted by Crippen LogP contribution is 2.23. The van der Waals surface area contributed by atoms with Gasteiger partial charge >= 0.3 is 0 Å². The third-order valence-electron chi connectivity index (χ3n) is 3.04. The average molecular weight is 273 g/mol. The van der Waals surface area contributed by atoms with Crippen LogP contribution in [0.15, 0.2) is 30.3 Å². The van der Waals surface area contributed by atoms with Crippen LogP contribution in [0.3, 0.4) is 0 Å². The number of ether oxygens (including phenoxy) is 1. The first-order valence-corrected chi connectivity index (χ1v) is 6.54. The largest absolute Gasteiger partial charge is 0.495 e. The van der Waals surface area contributed by atoms with Gasteiger partial charge in [0, 0.05) is 18.7 Å². The van der Waals surface area contributed by atoms with Gasteiger partial charge in [-0.05, 0) is 32.0 Å². The lowest BCUT2D eigenvalue weighted by Gasteiger charge is -2.10. The van der Waals surface area contributed by atoms with Gasteiger partial charge in [0.05, 0.1) is 18.5 Å². The lowest BCUT2D eigenvalue weighted by molar-refractivity contribution is -0.116. The van der Waals surface area contributed by atoms with Crippen molar-refractivity contribution >= 4 is 11.6 Å². The van der Waals surface area contributed by atoms with Crippen LogP contribution in [-0.2, 0) is 11.3 Å². The van der Waals surface area contributed by atoms with E-state index in [0.29, 0.717) is 24.4 Å². The monoisotopic (exact) mass is 273 g/mol. The van der Waals surface area contributed by atoms with Crippen LogP contribution >= 0.6 is 0 Å². The number of hydrogen-bond donors (Lipinski definition) is 1. The van der Waals surface area contributed by atoms with Crippen LogP contribution in [0.2, 0.25) is 0 Å². The highest BCUT2D eigenvalue weighted by atomic mass is 16.5. The zero-order chi connectivity index (χ0) is 14.5. The van der Waals surface area contributed by atoms with E-state index in [2.05, 4.69) is 10.4 Å². The molecule has 5 heteroatoms. The number of nitrogens with zero attached hydrogens (tertiary/aromatic N) is 2. The quantitative estimate of drug-likeness (QED) is 0.910. The Labute approximate surface area is 118 Å². The standard InChI is InChI=1S/C15H19N3O2/c1-11-10-12(2)18(17-11)9-8-15(19)16-13-6-4-5-7-14(13)20-3/h4-7,10H,8-9H2,1-3H3,(H,16,19). The summed E-state index contributed by atoms with van der Waals surface area (Å²) in [5.41, 5.74) is 2.72. The Morgan fingerprint density at radius 2 is 2.10 bits per heavy atom. The van der Waals surface area contributed by atoms with Crippen molar-refractivity contribution in [2.24, 2.45) is 0 Å². The normalized spacial score (nSPS) is 10.3. The summed E-state index contributed by atoms with van der Waals surface area (Å²) in [6, 6.07) is 9.36. The Balaban J connectivity index is 1.94. The molecule has 1 aromatic heterocycles. The van der Waals surface area contributed by atoms with Crippen molar-refractivity contribution in [3.63, 3.8) is 0 Å². The lowest BCUT2D eigenvalue weighted by atomic mass is 10.2. The number of benzene rings is 1. The van der Waals surface area contributed by atoms with Crippen LogP contribution in [0.1, 0.15) is 17.8 Å². The highest BCUT2D eigenvalue weighted by Gasteiger charge is 2.08. The summed E-state index contributed by atoms with van der Waals surface area (Å²) in [6.07, 6.45) is 0.375. The number of methoxy groups -OCH3 is 1. The van der Waals surface area contributed by atoms with Crippen LogP contribution in [0.5, 0.6) is 5.75 Å². The fourth-order valence-corrected chi connectivity index (χ4v) is 2.07. The number of para-hydroxylation sites is 2. The van der Waals surface area contributed by atoms with Gasteiger partial charge in [0.2, 0.25) is 5.91 Å². The fourth-order valence-electron chi connectivity index (χ4n) is 2.07. The Hall–Kier alpha value is -2.30. The summed E-state index contributed by atoms with van der Waals surface area (Å²) in [5.74, 6) is 0.606. The molecule has 2 aromatic rings. The maximum Gasteiger partial charge on any atom is 0.226 e. The SMILES string of the molecule is COc1ccccc1NC(=O)CCn1nc(C)cc1C. The molecule has 0 spiro atoms. The van der Waals surface area contributed by atoms with Gasteiger partial charge < -0.3 is 10.1 Å². The van der Waals surface area contributed by atoms with Crippen molar-refractivity contribution in [2.75, 3.05) is 12.4 Å². The zero-order valence-corrected chi connectivity index (χ0v) is 12.0. The maximum absolute atomic E-state index is 12.0. The van der Waals surface area contributed by atoms with E-state index in [1.165, 1.54) is 0 Å². The smallest absolute Gasteiger partial charge is 0.226 e. The summed E-state index contributed by atoms with van der Waals surface area (Å²) in [4.78, 5) is 12.0. The van der Waals surface area contributed by atoms with Gasteiger partial charge in [0.25, 0.3) is 0 Å². The van der Waals surface area contributed by atoms with E-state index in [-0.39, 0.29) is 5.91 Å². The first kappa shape index (κ1) is 14.1. The third kappa shape index (κ3) is 3.38. The van der Waals surface area contributed by atoms with Gasteiger partial charge in [-0.3, -0.25) is 9.48 Å². The number of rotatable bonds is 5. The minimum Gasteiger partial charge on any atom is -0.495 e. The maximum atomic E-state index is 12.0. The molecular formula is C15H19N3O2. The van der Waals surface area contributed by atoms with Crippen molar-refractivity contribution in [3.8, 4) is 5.75 Å². The van der Waals surface area contributed by atoms with Crippen molar-refractivity contribution in [1.82, 2.24) is 9.78 Å². The van der Waals surface area contributed by atoms with Crippen molar-refractivity contribution in [1.29, 1.82) is 0 Å². The Morgan fingerprint density at radius 3 is 2.75 bits per heavy atom. The fraction of sp³-hybridized carbons (Fsp3) is 0.333. The van der Waals surface area contributed by atoms with Crippen LogP contribution in [-0.4, -0.2) is 22.8 Å². The number of nitrogens with one attached hydrogen (secondary N) is 1. The number of aromatic nitrogens is 2. The van der Waals surface area contributed by atoms with E-state index in [1.807, 2.05) is 48.9 Å². The minimum atomic E-state index is -0.0537. The molecule has 1 aromatic carbocycles. The van der Waals surface area contributed by atoms with Crippen LogP contribution < -0.4 is 10.1 Å². The topological polar surface area (TPSA) is 56.1 Å². The second-order valence-electron chi connectivity index (χ2n) is 4.65. The summed E-state index contributed by atoms with van der Waals surface area (Å²) >= 11 is 0. The van der Waals surface area contributed by atoms with Crippen LogP contribution in [0.4, 0.5) is 5.69 Å². The molecule has 106 valence electrons. The second kappa shape index (κ2) is 6.23. The zero-order valence-electron chi connectivity index (χ0n) is 12.0. The molecule has 20 heavy (non-hydrogen) atoms. The molecule has 0 radical (unpaired) electrons. The van der Waals surface area contributed by atoms with Gasteiger partial charge in [-0.1, -0.05) is 12.1 Å². The molecular weight excluding hydrogens is 254 g/mol. The van der Waals surface area contributed by atoms with Gasteiger partial charge in [0.15, 0.2) is 0 Å². The average Bonchev–Trinajstić information content (AvgIpc) is 2.75. The molecule has 5 nitrogen and oxygen atoms in total. The molecule has 1 heterocycles. The molecule has 0 saturated carbocycles. The first-order valence-electron chi connectivity index (χ1n) is 6.54. The van der Waals surface area contributed by atoms with Gasteiger partial charge in [-0.25, -0.2) is 0 Å². The number of anilines is 1. The molecule has 0 unspecified atom stereocenters. The number of carbonyl (C=O) groups is 1. The highest BCUT2D eigenvalue weighted by molar-refractivity contribution is 5.92. The number of amides is 1. The summed E-state index contributed by atoms with van der Waals surface area (Å²) in [7, 11) is 1.58. The molecule has 1 N–H and O–H groups in total. The minimum absolute atomic E-state index is 0.0537. The second-order valence-corrected chi connectivity index (χ2v) is 4.65. The molecule has 0 bridgehead atoms. The Kier molecular flexibility index (Phi) is 4.40. The van der Waals surface area contributed by atoms with Crippen molar-refractivity contribution < 1.29 is 9.53 Å². The molecule has 0 fully saturated rings. The third-order valence-corrected chi connectivity index (χ3v) is 3.04. The first-order chi connectivity index (χ1) is 9.60. The Bertz CT molecular complexity index is 605. The summed E-state index contributed by atoms with van der Waals surface area (Å²) in [5, 5.41) is 7.19. The van der Waals surface area contributed by atoms with Gasteiger partial charge in [-0.15, -0.1) is 0 Å².